The smallest absolute Gasteiger partial charge is 0.352 e. The van der Waals surface area contributed by atoms with Crippen LogP contribution in [-0.2, 0) is 9.59 Å². The maximum absolute atomic E-state index is 12.8. The zero-order chi connectivity index (χ0) is 21.3. The number of β-lactam (4-membered cyclic amide) rings is 1. The lowest BCUT2D eigenvalue weighted by Gasteiger charge is -2.44. The molecule has 1 fully saturated rings. The first kappa shape index (κ1) is 19.1. The second-order valence-corrected chi connectivity index (χ2v) is 8.76. The van der Waals surface area contributed by atoms with E-state index in [1.807, 2.05) is 30.5 Å². The highest BCUT2D eigenvalue weighted by molar-refractivity contribution is 7.98. The van der Waals surface area contributed by atoms with Crippen LogP contribution in [0.1, 0.15) is 34.8 Å². The fraction of sp³-hybridized carbons (Fsp3) is 0.261. The molecule has 2 aliphatic heterocycles. The second kappa shape index (κ2) is 6.55. The Balaban J connectivity index is 1.61. The van der Waals surface area contributed by atoms with E-state index in [0.29, 0.717) is 28.7 Å². The van der Waals surface area contributed by atoms with Crippen LogP contribution in [0.25, 0.3) is 16.7 Å². The van der Waals surface area contributed by atoms with Crippen LogP contribution >= 0.6 is 11.8 Å². The van der Waals surface area contributed by atoms with Crippen molar-refractivity contribution in [2.75, 3.05) is 6.26 Å². The Morgan fingerprint density at radius 3 is 2.50 bits per heavy atom. The molecule has 7 heteroatoms. The first-order valence-electron chi connectivity index (χ1n) is 9.68. The van der Waals surface area contributed by atoms with Crippen molar-refractivity contribution in [1.82, 2.24) is 4.90 Å². The topological polar surface area (TPSA) is 94.9 Å². The molecule has 0 unspecified atom stereocenters. The number of hydrogen-bond donors (Lipinski definition) is 2. The number of carboxylic acid groups (broad SMARTS) is 1. The fourth-order valence-corrected chi connectivity index (χ4v) is 5.34. The number of carbonyl (C=O) groups is 3. The highest BCUT2D eigenvalue weighted by Gasteiger charge is 2.56. The number of carboxylic acids is 1. The molecule has 6 nitrogen and oxygen atoms in total. The van der Waals surface area contributed by atoms with Gasteiger partial charge in [-0.1, -0.05) is 12.1 Å². The number of carbonyl (C=O) groups excluding carboxylic acids is 2. The Bertz CT molecular complexity index is 1180. The molecule has 1 amide bonds. The minimum atomic E-state index is -1.16. The van der Waals surface area contributed by atoms with Gasteiger partial charge in [-0.25, -0.2) is 4.79 Å². The third kappa shape index (κ3) is 2.45. The van der Waals surface area contributed by atoms with E-state index in [0.717, 1.165) is 16.0 Å². The minimum absolute atomic E-state index is 0.0240. The number of nitrogens with zero attached hydrogens (tertiary/aromatic N) is 1. The second-order valence-electron chi connectivity index (χ2n) is 7.88. The summed E-state index contributed by atoms with van der Waals surface area (Å²) in [6, 6.07) is 10.8. The highest BCUT2D eigenvalue weighted by Crippen LogP contribution is 2.48. The number of thioether (sulfide) groups is 1. The van der Waals surface area contributed by atoms with Crippen LogP contribution in [0.3, 0.4) is 0 Å². The summed E-state index contributed by atoms with van der Waals surface area (Å²) in [6.45, 7) is 1.55. The molecular weight excluding hydrogens is 402 g/mol. The van der Waals surface area contributed by atoms with Gasteiger partial charge in [-0.15, -0.1) is 11.8 Å². The number of aliphatic hydroxyl groups excluding tert-OH is 1. The number of amides is 1. The molecule has 1 saturated heterocycles. The van der Waals surface area contributed by atoms with Gasteiger partial charge in [0.1, 0.15) is 5.70 Å². The van der Waals surface area contributed by atoms with Crippen LogP contribution in [0.4, 0.5) is 0 Å². The average Bonchev–Trinajstić information content (AvgIpc) is 3.20. The molecule has 0 aromatic heterocycles. The summed E-state index contributed by atoms with van der Waals surface area (Å²) >= 11 is 1.57. The molecule has 0 saturated carbocycles. The summed E-state index contributed by atoms with van der Waals surface area (Å²) in [5.74, 6) is -2.13. The van der Waals surface area contributed by atoms with Crippen molar-refractivity contribution in [3.63, 3.8) is 0 Å². The quantitative estimate of drug-likeness (QED) is 0.497. The maximum Gasteiger partial charge on any atom is 0.352 e. The van der Waals surface area contributed by atoms with Crippen LogP contribution in [0, 0.1) is 5.92 Å². The van der Waals surface area contributed by atoms with Crippen LogP contribution in [0.5, 0.6) is 0 Å². The maximum atomic E-state index is 12.8. The first-order valence-corrected chi connectivity index (χ1v) is 10.9. The van der Waals surface area contributed by atoms with Crippen molar-refractivity contribution < 1.29 is 24.6 Å². The molecule has 0 bridgehead atoms. The Morgan fingerprint density at radius 1 is 1.10 bits per heavy atom. The summed E-state index contributed by atoms with van der Waals surface area (Å²) in [5.41, 5.74) is 4.10. The van der Waals surface area contributed by atoms with Gasteiger partial charge < -0.3 is 15.1 Å². The number of fused-ring (bicyclic) bond motifs is 4. The molecule has 2 aromatic carbocycles. The highest BCUT2D eigenvalue weighted by atomic mass is 32.2. The van der Waals surface area contributed by atoms with Gasteiger partial charge in [0, 0.05) is 16.0 Å². The molecule has 0 radical (unpaired) electrons. The van der Waals surface area contributed by atoms with Crippen LogP contribution in [0.15, 0.2) is 47.0 Å². The third-order valence-electron chi connectivity index (χ3n) is 6.31. The number of benzene rings is 2. The van der Waals surface area contributed by atoms with Gasteiger partial charge in [-0.05, 0) is 66.1 Å². The monoisotopic (exact) mass is 421 g/mol. The van der Waals surface area contributed by atoms with E-state index in [9.17, 15) is 24.6 Å². The molecule has 0 spiro atoms. The van der Waals surface area contributed by atoms with Gasteiger partial charge in [0.05, 0.1) is 18.1 Å². The van der Waals surface area contributed by atoms with E-state index >= 15 is 0 Å². The van der Waals surface area contributed by atoms with Crippen molar-refractivity contribution in [1.29, 1.82) is 0 Å². The number of hydrogen-bond acceptors (Lipinski definition) is 5. The largest absolute Gasteiger partial charge is 0.477 e. The molecule has 2 N–H and O–H groups in total. The number of rotatable bonds is 4. The van der Waals surface area contributed by atoms with Gasteiger partial charge in [0.2, 0.25) is 5.91 Å². The van der Waals surface area contributed by atoms with Crippen molar-refractivity contribution in [2.24, 2.45) is 5.92 Å². The lowest BCUT2D eigenvalue weighted by molar-refractivity contribution is -0.161. The van der Waals surface area contributed by atoms with Gasteiger partial charge in [-0.3, -0.25) is 9.59 Å². The van der Waals surface area contributed by atoms with E-state index < -0.39 is 18.0 Å². The number of aliphatic hydroxyl groups is 1. The van der Waals surface area contributed by atoms with Gasteiger partial charge in [-0.2, -0.15) is 0 Å². The van der Waals surface area contributed by atoms with Crippen molar-refractivity contribution >= 4 is 35.0 Å². The van der Waals surface area contributed by atoms with Crippen molar-refractivity contribution in [3.8, 4) is 11.1 Å². The SMILES string of the molecule is CSc1ccc2c(c1)C(=O)c1ccc(C3=C(C(=O)O)N4C(=O)[C@H]([C@@H](C)O)[C@H]4C3)cc1-2. The molecular formula is C23H19NO5S. The van der Waals surface area contributed by atoms with E-state index in [1.165, 1.54) is 4.90 Å². The zero-order valence-electron chi connectivity index (χ0n) is 16.4. The summed E-state index contributed by atoms with van der Waals surface area (Å²) < 4.78 is 0. The lowest BCUT2D eigenvalue weighted by Crippen LogP contribution is -2.61. The van der Waals surface area contributed by atoms with Crippen LogP contribution in [0.2, 0.25) is 0 Å². The molecule has 152 valence electrons. The molecule has 1 aliphatic carbocycles. The Morgan fingerprint density at radius 2 is 1.83 bits per heavy atom. The normalized spacial score (nSPS) is 22.6. The Kier molecular flexibility index (Phi) is 4.17. The minimum Gasteiger partial charge on any atom is -0.477 e. The van der Waals surface area contributed by atoms with Gasteiger partial charge >= 0.3 is 5.97 Å². The third-order valence-corrected chi connectivity index (χ3v) is 7.03. The van der Waals surface area contributed by atoms with Crippen LogP contribution < -0.4 is 0 Å². The van der Waals surface area contributed by atoms with Gasteiger partial charge in [0.15, 0.2) is 5.78 Å². The number of ketones is 1. The first-order chi connectivity index (χ1) is 14.3. The van der Waals surface area contributed by atoms with Crippen molar-refractivity contribution in [2.45, 2.75) is 30.4 Å². The average molecular weight is 421 g/mol. The molecule has 2 aromatic rings. The molecule has 3 aliphatic rings. The summed E-state index contributed by atoms with van der Waals surface area (Å²) in [5, 5.41) is 19.7. The van der Waals surface area contributed by atoms with E-state index in [-0.39, 0.29) is 23.4 Å². The molecule has 30 heavy (non-hydrogen) atoms. The zero-order valence-corrected chi connectivity index (χ0v) is 17.2. The van der Waals surface area contributed by atoms with Gasteiger partial charge in [0.25, 0.3) is 0 Å². The van der Waals surface area contributed by atoms with E-state index in [1.54, 1.807) is 30.8 Å². The van der Waals surface area contributed by atoms with Crippen LogP contribution in [-0.4, -0.2) is 51.2 Å². The summed E-state index contributed by atoms with van der Waals surface area (Å²) in [6.07, 6.45) is 1.49. The Hall–Kier alpha value is -2.90. The predicted octanol–water partition coefficient (Wildman–Crippen LogP) is 3.03. The summed E-state index contributed by atoms with van der Waals surface area (Å²) in [4.78, 5) is 39.6. The molecule has 2 heterocycles. The molecule has 5 rings (SSSR count). The number of aliphatic carboxylic acids is 1. The predicted molar refractivity (Wildman–Crippen MR) is 112 cm³/mol. The van der Waals surface area contributed by atoms with Crippen molar-refractivity contribution in [3.05, 3.63) is 58.8 Å². The lowest BCUT2D eigenvalue weighted by atomic mass is 9.82. The fourth-order valence-electron chi connectivity index (χ4n) is 4.90. The van der Waals surface area contributed by atoms with E-state index in [4.69, 9.17) is 0 Å². The Labute approximate surface area is 177 Å². The standard InChI is InChI=1S/C23H19NO5S/c1-10(25)19-18-9-15(20(23(28)29)24(18)22(19)27)11-3-5-14-16(7-11)13-6-4-12(30-2)8-17(13)21(14)26/h3-8,10,18-19,25H,9H2,1-2H3,(H,28,29)/t10-,18-,19-/m1/s1. The molecule has 3 atom stereocenters. The summed E-state index contributed by atoms with van der Waals surface area (Å²) in [7, 11) is 0. The van der Waals surface area contributed by atoms with E-state index in [2.05, 4.69) is 0 Å².